The maximum absolute atomic E-state index is 14.2. The van der Waals surface area contributed by atoms with Gasteiger partial charge in [-0.3, -0.25) is 4.57 Å². The monoisotopic (exact) mass is 300 g/mol. The smallest absolute Gasteiger partial charge is 0.350 e. The van der Waals surface area contributed by atoms with Crippen molar-refractivity contribution in [3.05, 3.63) is 39.8 Å². The largest absolute Gasteiger partial charge is 0.477 e. The van der Waals surface area contributed by atoms with Crippen LogP contribution in [-0.4, -0.2) is 20.5 Å². The van der Waals surface area contributed by atoms with Gasteiger partial charge in [0.2, 0.25) is 0 Å². The van der Waals surface area contributed by atoms with Crippen LogP contribution in [0, 0.1) is 36.4 Å². The van der Waals surface area contributed by atoms with E-state index in [1.54, 1.807) is 13.8 Å². The average molecular weight is 300 g/mol. The van der Waals surface area contributed by atoms with Crippen molar-refractivity contribution in [2.24, 2.45) is 7.05 Å². The third-order valence-corrected chi connectivity index (χ3v) is 3.13. The quantitative estimate of drug-likeness (QED) is 0.801. The van der Waals surface area contributed by atoms with E-state index < -0.39 is 17.6 Å². The van der Waals surface area contributed by atoms with E-state index in [0.29, 0.717) is 5.82 Å². The number of nitrogens with zero attached hydrogens (tertiary/aromatic N) is 4. The molecule has 1 unspecified atom stereocenters. The van der Waals surface area contributed by atoms with Gasteiger partial charge < -0.3 is 4.74 Å². The topological polar surface area (TPSA) is 72.8 Å². The summed E-state index contributed by atoms with van der Waals surface area (Å²) in [5.74, 6) is 2.12. The number of aryl methyl sites for hydroxylation is 1. The first-order valence-corrected chi connectivity index (χ1v) is 6.38. The van der Waals surface area contributed by atoms with Gasteiger partial charge in [-0.1, -0.05) is 5.92 Å². The lowest BCUT2D eigenvalue weighted by atomic mass is 10.2. The highest BCUT2D eigenvalue weighted by molar-refractivity contribution is 5.51. The molecule has 6 nitrogen and oxygen atoms in total. The number of aromatic nitrogens is 3. The van der Waals surface area contributed by atoms with Crippen molar-refractivity contribution < 1.29 is 9.13 Å². The molecule has 1 atom stereocenters. The van der Waals surface area contributed by atoms with Crippen LogP contribution in [0.2, 0.25) is 0 Å². The highest BCUT2D eigenvalue weighted by atomic mass is 19.1. The van der Waals surface area contributed by atoms with Crippen LogP contribution in [0.4, 0.5) is 4.39 Å². The van der Waals surface area contributed by atoms with Crippen molar-refractivity contribution >= 4 is 0 Å². The summed E-state index contributed by atoms with van der Waals surface area (Å²) < 4.78 is 21.8. The predicted octanol–water partition coefficient (Wildman–Crippen LogP) is 1.29. The zero-order valence-electron chi connectivity index (χ0n) is 12.3. The first-order valence-electron chi connectivity index (χ1n) is 6.38. The molecule has 0 bridgehead atoms. The Bertz CT molecular complexity index is 867. The zero-order chi connectivity index (χ0) is 16.4. The maximum atomic E-state index is 14.2. The number of benzene rings is 1. The summed E-state index contributed by atoms with van der Waals surface area (Å²) in [5, 5.41) is 13.0. The van der Waals surface area contributed by atoms with Crippen molar-refractivity contribution in [1.29, 1.82) is 5.26 Å². The zero-order valence-corrected chi connectivity index (χ0v) is 12.3. The summed E-state index contributed by atoms with van der Waals surface area (Å²) in [6.45, 7) is 3.23. The first-order chi connectivity index (χ1) is 10.4. The molecule has 112 valence electrons. The van der Waals surface area contributed by atoms with Crippen molar-refractivity contribution in [2.45, 2.75) is 20.0 Å². The SMILES string of the molecule is C#CC(C)Oc1cc(-n2nc(C)n(C)c2=O)c(F)cc1C#N. The molecule has 0 radical (unpaired) electrons. The van der Waals surface area contributed by atoms with E-state index in [0.717, 1.165) is 10.7 Å². The van der Waals surface area contributed by atoms with Crippen LogP contribution in [-0.2, 0) is 7.05 Å². The fraction of sp³-hybridized carbons (Fsp3) is 0.267. The molecule has 0 aliphatic heterocycles. The molecule has 1 aromatic heterocycles. The summed E-state index contributed by atoms with van der Waals surface area (Å²) in [4.78, 5) is 12.0. The number of rotatable bonds is 3. The Balaban J connectivity index is 2.65. The first kappa shape index (κ1) is 15.3. The molecule has 2 rings (SSSR count). The Morgan fingerprint density at radius 1 is 1.50 bits per heavy atom. The van der Waals surface area contributed by atoms with Gasteiger partial charge >= 0.3 is 5.69 Å². The van der Waals surface area contributed by atoms with E-state index in [1.807, 2.05) is 6.07 Å². The Hall–Kier alpha value is -3.06. The second kappa shape index (κ2) is 5.74. The van der Waals surface area contributed by atoms with Crippen molar-refractivity contribution in [2.75, 3.05) is 0 Å². The summed E-state index contributed by atoms with van der Waals surface area (Å²) in [6, 6.07) is 4.07. The normalized spacial score (nSPS) is 11.5. The van der Waals surface area contributed by atoms with Crippen LogP contribution in [0.3, 0.4) is 0 Å². The standard InChI is InChI=1S/C15H13FN4O2/c1-5-9(2)22-14-7-13(12(16)6-11(14)8-17)20-15(21)19(4)10(3)18-20/h1,6-7,9H,2-4H3. The highest BCUT2D eigenvalue weighted by Crippen LogP contribution is 2.25. The van der Waals surface area contributed by atoms with E-state index in [1.165, 1.54) is 17.7 Å². The summed E-state index contributed by atoms with van der Waals surface area (Å²) in [6.07, 6.45) is 4.63. The molecule has 0 spiro atoms. The van der Waals surface area contributed by atoms with Crippen LogP contribution >= 0.6 is 0 Å². The fourth-order valence-corrected chi connectivity index (χ4v) is 1.81. The third-order valence-electron chi connectivity index (χ3n) is 3.13. The van der Waals surface area contributed by atoms with Gasteiger partial charge in [0.25, 0.3) is 0 Å². The Morgan fingerprint density at radius 2 is 2.18 bits per heavy atom. The second-order valence-electron chi connectivity index (χ2n) is 4.64. The van der Waals surface area contributed by atoms with Gasteiger partial charge in [-0.05, 0) is 19.9 Å². The van der Waals surface area contributed by atoms with Gasteiger partial charge in [-0.25, -0.2) is 9.18 Å². The molecular weight excluding hydrogens is 287 g/mol. The molecule has 7 heteroatoms. The molecule has 0 aliphatic carbocycles. The average Bonchev–Trinajstić information content (AvgIpc) is 2.75. The van der Waals surface area contributed by atoms with Crippen molar-refractivity contribution in [3.63, 3.8) is 0 Å². The Labute approximate surface area is 126 Å². The molecule has 0 saturated carbocycles. The van der Waals surface area contributed by atoms with Gasteiger partial charge in [-0.2, -0.15) is 15.0 Å². The highest BCUT2D eigenvalue weighted by Gasteiger charge is 2.17. The Kier molecular flexibility index (Phi) is 4.00. The molecule has 0 N–H and O–H groups in total. The number of ether oxygens (including phenoxy) is 1. The van der Waals surface area contributed by atoms with E-state index in [2.05, 4.69) is 11.0 Å². The lowest BCUT2D eigenvalue weighted by molar-refractivity contribution is 0.277. The van der Waals surface area contributed by atoms with Crippen LogP contribution in [0.5, 0.6) is 5.75 Å². The van der Waals surface area contributed by atoms with Gasteiger partial charge in [0, 0.05) is 13.1 Å². The van der Waals surface area contributed by atoms with Crippen LogP contribution < -0.4 is 10.4 Å². The molecule has 0 fully saturated rings. The van der Waals surface area contributed by atoms with E-state index >= 15 is 0 Å². The summed E-state index contributed by atoms with van der Waals surface area (Å²) in [7, 11) is 1.53. The molecule has 0 saturated heterocycles. The fourth-order valence-electron chi connectivity index (χ4n) is 1.81. The minimum absolute atomic E-state index is 0.0101. The van der Waals surface area contributed by atoms with Gasteiger partial charge in [0.15, 0.2) is 11.9 Å². The second-order valence-corrected chi connectivity index (χ2v) is 4.64. The van der Waals surface area contributed by atoms with Crippen molar-refractivity contribution in [3.8, 4) is 29.8 Å². The Morgan fingerprint density at radius 3 is 2.68 bits per heavy atom. The number of hydrogen-bond acceptors (Lipinski definition) is 4. The number of terminal acetylenes is 1. The van der Waals surface area contributed by atoms with Crippen molar-refractivity contribution in [1.82, 2.24) is 14.3 Å². The molecule has 1 heterocycles. The minimum atomic E-state index is -0.752. The lowest BCUT2D eigenvalue weighted by Gasteiger charge is -2.12. The number of halogens is 1. The lowest BCUT2D eigenvalue weighted by Crippen LogP contribution is -2.23. The van der Waals surface area contributed by atoms with Crippen LogP contribution in [0.1, 0.15) is 18.3 Å². The minimum Gasteiger partial charge on any atom is -0.477 e. The van der Waals surface area contributed by atoms with E-state index in [4.69, 9.17) is 16.4 Å². The summed E-state index contributed by atoms with van der Waals surface area (Å²) in [5.41, 5.74) is -0.618. The third kappa shape index (κ3) is 2.57. The number of hydrogen-bond donors (Lipinski definition) is 0. The molecule has 0 aliphatic rings. The van der Waals surface area contributed by atoms with Gasteiger partial charge in [-0.15, -0.1) is 6.42 Å². The van der Waals surface area contributed by atoms with Gasteiger partial charge in [0.05, 0.1) is 5.56 Å². The molecule has 1 aromatic carbocycles. The van der Waals surface area contributed by atoms with E-state index in [-0.39, 0.29) is 17.0 Å². The molecule has 2 aromatic rings. The van der Waals surface area contributed by atoms with E-state index in [9.17, 15) is 9.18 Å². The predicted molar refractivity (Wildman–Crippen MR) is 77.1 cm³/mol. The van der Waals surface area contributed by atoms with Gasteiger partial charge in [0.1, 0.15) is 23.3 Å². The molecule has 0 amide bonds. The molecular formula is C15H13FN4O2. The summed E-state index contributed by atoms with van der Waals surface area (Å²) >= 11 is 0. The maximum Gasteiger partial charge on any atom is 0.350 e. The molecule has 22 heavy (non-hydrogen) atoms. The van der Waals surface area contributed by atoms with Crippen LogP contribution in [0.25, 0.3) is 5.69 Å². The van der Waals surface area contributed by atoms with Crippen LogP contribution in [0.15, 0.2) is 16.9 Å². The number of nitriles is 1.